The third-order valence-corrected chi connectivity index (χ3v) is 3.42. The Kier molecular flexibility index (Phi) is 3.16. The van der Waals surface area contributed by atoms with Crippen LogP contribution in [0.15, 0.2) is 24.8 Å². The summed E-state index contributed by atoms with van der Waals surface area (Å²) in [5.41, 5.74) is 2.49. The molecule has 0 saturated carbocycles. The molecular formula is C15H19NO2. The van der Waals surface area contributed by atoms with Crippen molar-refractivity contribution in [1.82, 2.24) is 0 Å². The quantitative estimate of drug-likeness (QED) is 0.828. The zero-order chi connectivity index (χ0) is 13.3. The summed E-state index contributed by atoms with van der Waals surface area (Å²) in [6, 6.07) is 3.96. The SMILES string of the molecule is C=CCOc1ccc(CC)c2c1C(C)(C)C(=O)N2. The van der Waals surface area contributed by atoms with Crippen molar-refractivity contribution in [3.8, 4) is 5.75 Å². The summed E-state index contributed by atoms with van der Waals surface area (Å²) >= 11 is 0. The molecule has 18 heavy (non-hydrogen) atoms. The van der Waals surface area contributed by atoms with Crippen molar-refractivity contribution in [2.75, 3.05) is 11.9 Å². The molecule has 1 aliphatic rings. The van der Waals surface area contributed by atoms with Gasteiger partial charge in [0.1, 0.15) is 12.4 Å². The lowest BCUT2D eigenvalue weighted by Crippen LogP contribution is -2.27. The van der Waals surface area contributed by atoms with Crippen molar-refractivity contribution in [3.63, 3.8) is 0 Å². The van der Waals surface area contributed by atoms with E-state index in [9.17, 15) is 4.79 Å². The molecule has 0 saturated heterocycles. The third kappa shape index (κ3) is 1.80. The predicted molar refractivity (Wildman–Crippen MR) is 73.2 cm³/mol. The number of benzene rings is 1. The number of nitrogens with one attached hydrogen (secondary N) is 1. The van der Waals surface area contributed by atoms with E-state index in [0.717, 1.165) is 29.0 Å². The van der Waals surface area contributed by atoms with E-state index >= 15 is 0 Å². The number of hydrogen-bond donors (Lipinski definition) is 1. The zero-order valence-corrected chi connectivity index (χ0v) is 11.2. The monoisotopic (exact) mass is 245 g/mol. The van der Waals surface area contributed by atoms with Gasteiger partial charge in [0.25, 0.3) is 0 Å². The number of fused-ring (bicyclic) bond motifs is 1. The summed E-state index contributed by atoms with van der Waals surface area (Å²) in [6.45, 7) is 10.0. The Labute approximate surface area is 108 Å². The highest BCUT2D eigenvalue weighted by Gasteiger charge is 2.41. The first kappa shape index (κ1) is 12.7. The van der Waals surface area contributed by atoms with Crippen LogP contribution in [0.1, 0.15) is 31.9 Å². The minimum Gasteiger partial charge on any atom is -0.489 e. The lowest BCUT2D eigenvalue weighted by Gasteiger charge is -2.19. The van der Waals surface area contributed by atoms with E-state index in [-0.39, 0.29) is 5.91 Å². The molecule has 3 heteroatoms. The predicted octanol–water partition coefficient (Wildman–Crippen LogP) is 3.04. The molecule has 0 atom stereocenters. The van der Waals surface area contributed by atoms with Gasteiger partial charge in [-0.3, -0.25) is 4.79 Å². The van der Waals surface area contributed by atoms with Crippen molar-refractivity contribution >= 4 is 11.6 Å². The summed E-state index contributed by atoms with van der Waals surface area (Å²) in [5.74, 6) is 0.798. The molecule has 1 N–H and O–H groups in total. The molecule has 0 spiro atoms. The zero-order valence-electron chi connectivity index (χ0n) is 11.2. The van der Waals surface area contributed by atoms with Crippen LogP contribution in [0.3, 0.4) is 0 Å². The second kappa shape index (κ2) is 4.48. The highest BCUT2D eigenvalue weighted by molar-refractivity contribution is 6.07. The first-order valence-corrected chi connectivity index (χ1v) is 6.23. The Morgan fingerprint density at radius 2 is 2.17 bits per heavy atom. The fraction of sp³-hybridized carbons (Fsp3) is 0.400. The maximum atomic E-state index is 12.1. The Hall–Kier alpha value is -1.77. The van der Waals surface area contributed by atoms with E-state index in [1.807, 2.05) is 26.0 Å². The number of ether oxygens (including phenoxy) is 1. The summed E-state index contributed by atoms with van der Waals surface area (Å²) in [7, 11) is 0. The number of anilines is 1. The lowest BCUT2D eigenvalue weighted by molar-refractivity contribution is -0.119. The minimum atomic E-state index is -0.545. The van der Waals surface area contributed by atoms with Crippen LogP contribution in [0.2, 0.25) is 0 Å². The molecular weight excluding hydrogens is 226 g/mol. The fourth-order valence-corrected chi connectivity index (χ4v) is 2.34. The Balaban J connectivity index is 2.57. The molecule has 3 nitrogen and oxygen atoms in total. The van der Waals surface area contributed by atoms with Gasteiger partial charge in [-0.1, -0.05) is 25.6 Å². The highest BCUT2D eigenvalue weighted by Crippen LogP contribution is 2.45. The molecule has 0 unspecified atom stereocenters. The standard InChI is InChI=1S/C15H19NO2/c1-5-9-18-11-8-7-10(6-2)13-12(11)15(3,4)14(17)16-13/h5,7-8H,1,6,9H2,2-4H3,(H,16,17). The van der Waals surface area contributed by atoms with Crippen LogP contribution >= 0.6 is 0 Å². The van der Waals surface area contributed by atoms with Crippen LogP contribution in [-0.4, -0.2) is 12.5 Å². The van der Waals surface area contributed by atoms with Gasteiger partial charge in [-0.2, -0.15) is 0 Å². The molecule has 1 aromatic carbocycles. The molecule has 1 aromatic rings. The van der Waals surface area contributed by atoms with E-state index < -0.39 is 5.41 Å². The number of carbonyl (C=O) groups is 1. The fourth-order valence-electron chi connectivity index (χ4n) is 2.34. The smallest absolute Gasteiger partial charge is 0.234 e. The highest BCUT2D eigenvalue weighted by atomic mass is 16.5. The molecule has 1 heterocycles. The molecule has 0 fully saturated rings. The van der Waals surface area contributed by atoms with Gasteiger partial charge in [0, 0.05) is 5.56 Å². The average molecular weight is 245 g/mol. The van der Waals surface area contributed by atoms with Crippen molar-refractivity contribution in [2.45, 2.75) is 32.6 Å². The molecule has 0 radical (unpaired) electrons. The van der Waals surface area contributed by atoms with Gasteiger partial charge < -0.3 is 10.1 Å². The van der Waals surface area contributed by atoms with Gasteiger partial charge in [-0.15, -0.1) is 0 Å². The van der Waals surface area contributed by atoms with Crippen molar-refractivity contribution in [3.05, 3.63) is 35.9 Å². The number of amides is 1. The molecule has 96 valence electrons. The summed E-state index contributed by atoms with van der Waals surface area (Å²) < 4.78 is 5.67. The van der Waals surface area contributed by atoms with Gasteiger partial charge in [0.05, 0.1) is 11.1 Å². The summed E-state index contributed by atoms with van der Waals surface area (Å²) in [4.78, 5) is 12.1. The molecule has 0 bridgehead atoms. The number of aryl methyl sites for hydroxylation is 1. The van der Waals surface area contributed by atoms with Gasteiger partial charge in [0.2, 0.25) is 5.91 Å². The van der Waals surface area contributed by atoms with Gasteiger partial charge in [-0.05, 0) is 31.9 Å². The average Bonchev–Trinajstić information content (AvgIpc) is 2.58. The number of rotatable bonds is 4. The Morgan fingerprint density at radius 3 is 2.78 bits per heavy atom. The van der Waals surface area contributed by atoms with E-state index in [1.165, 1.54) is 0 Å². The molecule has 0 aromatic heterocycles. The maximum absolute atomic E-state index is 12.1. The number of carbonyl (C=O) groups excluding carboxylic acids is 1. The maximum Gasteiger partial charge on any atom is 0.234 e. The molecule has 1 amide bonds. The third-order valence-electron chi connectivity index (χ3n) is 3.42. The summed E-state index contributed by atoms with van der Waals surface area (Å²) in [5, 5.41) is 2.98. The minimum absolute atomic E-state index is 0.0295. The largest absolute Gasteiger partial charge is 0.489 e. The molecule has 1 aliphatic heterocycles. The topological polar surface area (TPSA) is 38.3 Å². The van der Waals surface area contributed by atoms with Crippen LogP contribution < -0.4 is 10.1 Å². The van der Waals surface area contributed by atoms with Crippen molar-refractivity contribution in [1.29, 1.82) is 0 Å². The first-order chi connectivity index (χ1) is 8.52. The molecule has 2 rings (SSSR count). The Morgan fingerprint density at radius 1 is 1.44 bits per heavy atom. The van der Waals surface area contributed by atoms with Gasteiger partial charge in [-0.25, -0.2) is 0 Å². The van der Waals surface area contributed by atoms with Crippen molar-refractivity contribution < 1.29 is 9.53 Å². The van der Waals surface area contributed by atoms with E-state index in [0.29, 0.717) is 6.61 Å². The van der Waals surface area contributed by atoms with Crippen LogP contribution in [-0.2, 0) is 16.6 Å². The van der Waals surface area contributed by atoms with Gasteiger partial charge in [0.15, 0.2) is 0 Å². The van der Waals surface area contributed by atoms with Crippen LogP contribution in [0.5, 0.6) is 5.75 Å². The summed E-state index contributed by atoms with van der Waals surface area (Å²) in [6.07, 6.45) is 2.59. The van der Waals surface area contributed by atoms with Crippen LogP contribution in [0.4, 0.5) is 5.69 Å². The normalized spacial score (nSPS) is 16.1. The van der Waals surface area contributed by atoms with Gasteiger partial charge >= 0.3 is 0 Å². The van der Waals surface area contributed by atoms with E-state index in [1.54, 1.807) is 6.08 Å². The number of hydrogen-bond acceptors (Lipinski definition) is 2. The second-order valence-corrected chi connectivity index (χ2v) is 5.01. The lowest BCUT2D eigenvalue weighted by atomic mass is 9.84. The first-order valence-electron chi connectivity index (χ1n) is 6.23. The second-order valence-electron chi connectivity index (χ2n) is 5.01. The van der Waals surface area contributed by atoms with Crippen LogP contribution in [0.25, 0.3) is 0 Å². The van der Waals surface area contributed by atoms with Crippen molar-refractivity contribution in [2.24, 2.45) is 0 Å². The van der Waals surface area contributed by atoms with E-state index in [4.69, 9.17) is 4.74 Å². The van der Waals surface area contributed by atoms with Crippen LogP contribution in [0, 0.1) is 0 Å². The molecule has 0 aliphatic carbocycles. The Bertz CT molecular complexity index is 503. The van der Waals surface area contributed by atoms with E-state index in [2.05, 4.69) is 18.8 Å².